The fourth-order valence-electron chi connectivity index (χ4n) is 2.30. The Balaban J connectivity index is 2.41. The monoisotopic (exact) mass is 258 g/mol. The Bertz CT molecular complexity index is 486. The SMILES string of the molecule is Cc1[nH]ncc1S(=O)(=O)N1C(C)CNCC1C. The minimum absolute atomic E-state index is 0.0435. The Morgan fingerprint density at radius 1 is 1.35 bits per heavy atom. The van der Waals surface area contributed by atoms with Gasteiger partial charge < -0.3 is 5.32 Å². The normalized spacial score (nSPS) is 27.2. The molecule has 6 nitrogen and oxygen atoms in total. The Morgan fingerprint density at radius 2 is 1.94 bits per heavy atom. The van der Waals surface area contributed by atoms with Gasteiger partial charge in [0.05, 0.1) is 11.9 Å². The first-order valence-electron chi connectivity index (χ1n) is 5.69. The van der Waals surface area contributed by atoms with Crippen LogP contribution in [0.4, 0.5) is 0 Å². The number of sulfonamides is 1. The maximum Gasteiger partial charge on any atom is 0.247 e. The summed E-state index contributed by atoms with van der Waals surface area (Å²) in [5.41, 5.74) is 0.586. The van der Waals surface area contributed by atoms with Crippen LogP contribution in [0.3, 0.4) is 0 Å². The van der Waals surface area contributed by atoms with Crippen LogP contribution < -0.4 is 5.32 Å². The van der Waals surface area contributed by atoms with Crippen LogP contribution in [0.25, 0.3) is 0 Å². The second kappa shape index (κ2) is 4.40. The quantitative estimate of drug-likeness (QED) is 0.788. The number of aromatic nitrogens is 2. The van der Waals surface area contributed by atoms with Crippen molar-refractivity contribution in [3.8, 4) is 0 Å². The van der Waals surface area contributed by atoms with Gasteiger partial charge in [0.25, 0.3) is 0 Å². The molecule has 1 aliphatic heterocycles. The lowest BCUT2D eigenvalue weighted by Crippen LogP contribution is -2.57. The summed E-state index contributed by atoms with van der Waals surface area (Å²) in [5, 5.41) is 9.68. The lowest BCUT2D eigenvalue weighted by atomic mass is 10.2. The highest BCUT2D eigenvalue weighted by Gasteiger charge is 2.36. The molecule has 2 atom stereocenters. The summed E-state index contributed by atoms with van der Waals surface area (Å²) in [6.45, 7) is 6.91. The number of H-pyrrole nitrogens is 1. The summed E-state index contributed by atoms with van der Waals surface area (Å²) in [5.74, 6) is 0. The molecular formula is C10H18N4O2S. The Hall–Kier alpha value is -0.920. The summed E-state index contributed by atoms with van der Waals surface area (Å²) in [7, 11) is -3.45. The van der Waals surface area contributed by atoms with Gasteiger partial charge in [0.2, 0.25) is 10.0 Å². The lowest BCUT2D eigenvalue weighted by molar-refractivity contribution is 0.220. The molecule has 2 unspecified atom stereocenters. The van der Waals surface area contributed by atoms with Crippen molar-refractivity contribution < 1.29 is 8.42 Å². The second-order valence-corrected chi connectivity index (χ2v) is 6.36. The standard InChI is InChI=1S/C10H18N4O2S/c1-7-4-11-5-8(2)14(7)17(15,16)10-6-12-13-9(10)3/h6-8,11H,4-5H2,1-3H3,(H,12,13). The van der Waals surface area contributed by atoms with Crippen LogP contribution in [-0.2, 0) is 10.0 Å². The fraction of sp³-hybridized carbons (Fsp3) is 0.700. The molecule has 96 valence electrons. The largest absolute Gasteiger partial charge is 0.314 e. The third kappa shape index (κ3) is 2.10. The van der Waals surface area contributed by atoms with Gasteiger partial charge in [0.1, 0.15) is 4.90 Å². The van der Waals surface area contributed by atoms with Crippen molar-refractivity contribution in [2.24, 2.45) is 0 Å². The van der Waals surface area contributed by atoms with Gasteiger partial charge in [-0.05, 0) is 20.8 Å². The van der Waals surface area contributed by atoms with E-state index in [0.29, 0.717) is 18.8 Å². The summed E-state index contributed by atoms with van der Waals surface area (Å²) in [4.78, 5) is 0.276. The zero-order valence-corrected chi connectivity index (χ0v) is 11.1. The molecule has 2 heterocycles. The molecule has 0 aliphatic carbocycles. The van der Waals surface area contributed by atoms with Crippen molar-refractivity contribution >= 4 is 10.0 Å². The molecule has 2 rings (SSSR count). The topological polar surface area (TPSA) is 78.1 Å². The van der Waals surface area contributed by atoms with Gasteiger partial charge in [-0.15, -0.1) is 0 Å². The molecule has 0 bridgehead atoms. The van der Waals surface area contributed by atoms with Gasteiger partial charge in [0.15, 0.2) is 0 Å². The van der Waals surface area contributed by atoms with Crippen LogP contribution in [0.1, 0.15) is 19.5 Å². The van der Waals surface area contributed by atoms with E-state index in [-0.39, 0.29) is 17.0 Å². The maximum atomic E-state index is 12.5. The average Bonchev–Trinajstić information content (AvgIpc) is 2.64. The molecule has 1 aromatic rings. The van der Waals surface area contributed by atoms with Crippen molar-refractivity contribution in [2.45, 2.75) is 37.8 Å². The van der Waals surface area contributed by atoms with Crippen molar-refractivity contribution in [3.63, 3.8) is 0 Å². The number of aromatic amines is 1. The summed E-state index contributed by atoms with van der Waals surface area (Å²) >= 11 is 0. The van der Waals surface area contributed by atoms with E-state index in [9.17, 15) is 8.42 Å². The van der Waals surface area contributed by atoms with Crippen LogP contribution in [0, 0.1) is 6.92 Å². The molecule has 0 aromatic carbocycles. The smallest absolute Gasteiger partial charge is 0.247 e. The summed E-state index contributed by atoms with van der Waals surface area (Å²) in [6.07, 6.45) is 1.38. The molecule has 0 saturated carbocycles. The second-order valence-electron chi connectivity index (χ2n) is 4.55. The number of rotatable bonds is 2. The number of nitrogens with zero attached hydrogens (tertiary/aromatic N) is 2. The molecule has 0 amide bonds. The molecule has 1 fully saturated rings. The summed E-state index contributed by atoms with van der Waals surface area (Å²) < 4.78 is 26.6. The van der Waals surface area contributed by atoms with Crippen molar-refractivity contribution in [1.29, 1.82) is 0 Å². The van der Waals surface area contributed by atoms with E-state index < -0.39 is 10.0 Å². The average molecular weight is 258 g/mol. The lowest BCUT2D eigenvalue weighted by Gasteiger charge is -2.37. The minimum atomic E-state index is -3.45. The van der Waals surface area contributed by atoms with E-state index in [1.807, 2.05) is 13.8 Å². The van der Waals surface area contributed by atoms with E-state index in [1.165, 1.54) is 6.20 Å². The van der Waals surface area contributed by atoms with E-state index in [1.54, 1.807) is 11.2 Å². The van der Waals surface area contributed by atoms with Crippen molar-refractivity contribution in [3.05, 3.63) is 11.9 Å². The van der Waals surface area contributed by atoms with E-state index in [2.05, 4.69) is 15.5 Å². The molecule has 0 spiro atoms. The third-order valence-electron chi connectivity index (χ3n) is 3.09. The number of aryl methyl sites for hydroxylation is 1. The predicted octanol–water partition coefficient (Wildman–Crippen LogP) is 0.0890. The van der Waals surface area contributed by atoms with Gasteiger partial charge in [-0.25, -0.2) is 8.42 Å². The van der Waals surface area contributed by atoms with Crippen LogP contribution in [0.15, 0.2) is 11.1 Å². The molecule has 1 saturated heterocycles. The van der Waals surface area contributed by atoms with Gasteiger partial charge in [-0.2, -0.15) is 9.40 Å². The van der Waals surface area contributed by atoms with Crippen molar-refractivity contribution in [2.75, 3.05) is 13.1 Å². The predicted molar refractivity (Wildman–Crippen MR) is 64.1 cm³/mol. The van der Waals surface area contributed by atoms with Crippen LogP contribution in [0.2, 0.25) is 0 Å². The minimum Gasteiger partial charge on any atom is -0.314 e. The van der Waals surface area contributed by atoms with Gasteiger partial charge >= 0.3 is 0 Å². The Morgan fingerprint density at radius 3 is 2.41 bits per heavy atom. The first-order valence-corrected chi connectivity index (χ1v) is 7.13. The molecular weight excluding hydrogens is 240 g/mol. The van der Waals surface area contributed by atoms with Crippen LogP contribution >= 0.6 is 0 Å². The number of hydrogen-bond acceptors (Lipinski definition) is 4. The zero-order chi connectivity index (χ0) is 12.6. The van der Waals surface area contributed by atoms with Gasteiger partial charge in [-0.1, -0.05) is 0 Å². The van der Waals surface area contributed by atoms with Crippen LogP contribution in [0.5, 0.6) is 0 Å². The first kappa shape index (κ1) is 12.5. The fourth-order valence-corrected chi connectivity index (χ4v) is 4.24. The Kier molecular flexibility index (Phi) is 3.24. The molecule has 1 aromatic heterocycles. The molecule has 0 radical (unpaired) electrons. The molecule has 17 heavy (non-hydrogen) atoms. The highest BCUT2D eigenvalue weighted by molar-refractivity contribution is 7.89. The number of nitrogens with one attached hydrogen (secondary N) is 2. The van der Waals surface area contributed by atoms with Crippen LogP contribution in [-0.4, -0.2) is 48.1 Å². The molecule has 1 aliphatic rings. The van der Waals surface area contributed by atoms with E-state index in [4.69, 9.17) is 0 Å². The first-order chi connectivity index (χ1) is 7.94. The summed E-state index contributed by atoms with van der Waals surface area (Å²) in [6, 6.07) is -0.0869. The van der Waals surface area contributed by atoms with Gasteiger partial charge in [0, 0.05) is 25.2 Å². The third-order valence-corrected chi connectivity index (χ3v) is 5.33. The zero-order valence-electron chi connectivity index (χ0n) is 10.3. The molecule has 7 heteroatoms. The number of piperazine rings is 1. The Labute approximate surface area is 101 Å². The highest BCUT2D eigenvalue weighted by Crippen LogP contribution is 2.23. The molecule has 2 N–H and O–H groups in total. The highest BCUT2D eigenvalue weighted by atomic mass is 32.2. The number of hydrogen-bond donors (Lipinski definition) is 2. The van der Waals surface area contributed by atoms with Gasteiger partial charge in [-0.3, -0.25) is 5.10 Å². The van der Waals surface area contributed by atoms with E-state index >= 15 is 0 Å². The van der Waals surface area contributed by atoms with Crippen molar-refractivity contribution in [1.82, 2.24) is 19.8 Å². The van der Waals surface area contributed by atoms with E-state index in [0.717, 1.165) is 0 Å². The maximum absolute atomic E-state index is 12.5.